The summed E-state index contributed by atoms with van der Waals surface area (Å²) in [4.78, 5) is 22.2. The molecule has 0 radical (unpaired) electrons. The first-order valence-electron chi connectivity index (χ1n) is 4.91. The van der Waals surface area contributed by atoms with Gasteiger partial charge < -0.3 is 14.7 Å². The van der Waals surface area contributed by atoms with Crippen molar-refractivity contribution in [2.75, 3.05) is 19.7 Å². The Morgan fingerprint density at radius 1 is 1.38 bits per heavy atom. The Balaban J connectivity index is 2.28. The number of carboxylic acids is 1. The molecule has 0 aromatic carbocycles. The molecule has 0 atom stereocenters. The molecule has 1 fully saturated rings. The number of nitrogens with zero attached hydrogens (tertiary/aromatic N) is 1. The summed E-state index contributed by atoms with van der Waals surface area (Å²) in [6, 6.07) is 0. The summed E-state index contributed by atoms with van der Waals surface area (Å²) in [5, 5.41) is 8.37. The minimum absolute atomic E-state index is 0.188. The molecule has 1 amide bonds. The third-order valence-corrected chi connectivity index (χ3v) is 2.38. The van der Waals surface area contributed by atoms with Crippen LogP contribution in [0, 0.1) is 0 Å². The highest BCUT2D eigenvalue weighted by Crippen LogP contribution is 2.15. The van der Waals surface area contributed by atoms with Gasteiger partial charge in [-0.2, -0.15) is 8.78 Å². The number of amides is 1. The first-order valence-corrected chi connectivity index (χ1v) is 4.91. The number of rotatable bonds is 4. The third-order valence-electron chi connectivity index (χ3n) is 2.38. The number of piperidine rings is 1. The van der Waals surface area contributed by atoms with E-state index in [0.29, 0.717) is 12.8 Å². The topological polar surface area (TPSA) is 66.8 Å². The molecular weight excluding hydrogens is 224 g/mol. The van der Waals surface area contributed by atoms with Crippen molar-refractivity contribution >= 4 is 11.9 Å². The highest BCUT2D eigenvalue weighted by Gasteiger charge is 2.28. The van der Waals surface area contributed by atoms with Gasteiger partial charge in [0.2, 0.25) is 0 Å². The molecule has 1 aliphatic rings. The second kappa shape index (κ2) is 5.74. The smallest absolute Gasteiger partial charge is 0.329 e. The van der Waals surface area contributed by atoms with Crippen LogP contribution in [0.1, 0.15) is 12.8 Å². The van der Waals surface area contributed by atoms with E-state index in [-0.39, 0.29) is 19.2 Å². The number of carbonyl (C=O) groups is 2. The summed E-state index contributed by atoms with van der Waals surface area (Å²) in [5.74, 6) is -2.23. The maximum Gasteiger partial charge on any atom is 0.329 e. The average molecular weight is 237 g/mol. The summed E-state index contributed by atoms with van der Waals surface area (Å²) in [7, 11) is 0. The van der Waals surface area contributed by atoms with Crippen LogP contribution in [0.2, 0.25) is 0 Å². The third kappa shape index (κ3) is 3.73. The van der Waals surface area contributed by atoms with Gasteiger partial charge in [0.05, 0.1) is 6.10 Å². The zero-order chi connectivity index (χ0) is 12.1. The number of hydrogen-bond acceptors (Lipinski definition) is 3. The van der Waals surface area contributed by atoms with E-state index in [2.05, 4.69) is 0 Å². The average Bonchev–Trinajstić information content (AvgIpc) is 2.26. The number of aliphatic carboxylic acids is 1. The van der Waals surface area contributed by atoms with Gasteiger partial charge in [0, 0.05) is 13.1 Å². The lowest BCUT2D eigenvalue weighted by Crippen LogP contribution is -2.43. The van der Waals surface area contributed by atoms with E-state index in [9.17, 15) is 18.4 Å². The Morgan fingerprint density at radius 2 is 1.94 bits per heavy atom. The SMILES string of the molecule is O=C(O)COC1CCN(C(=O)C(F)F)CC1. The van der Waals surface area contributed by atoms with E-state index in [4.69, 9.17) is 9.84 Å². The molecule has 1 aliphatic heterocycles. The van der Waals surface area contributed by atoms with E-state index in [1.54, 1.807) is 0 Å². The summed E-state index contributed by atoms with van der Waals surface area (Å²) in [5.41, 5.74) is 0. The van der Waals surface area contributed by atoms with Crippen LogP contribution in [0.15, 0.2) is 0 Å². The van der Waals surface area contributed by atoms with Gasteiger partial charge in [0.15, 0.2) is 0 Å². The lowest BCUT2D eigenvalue weighted by Gasteiger charge is -2.31. The molecule has 1 rings (SSSR count). The fourth-order valence-electron chi connectivity index (χ4n) is 1.57. The Morgan fingerprint density at radius 3 is 2.38 bits per heavy atom. The molecule has 5 nitrogen and oxygen atoms in total. The van der Waals surface area contributed by atoms with E-state index in [1.807, 2.05) is 0 Å². The molecule has 1 heterocycles. The minimum Gasteiger partial charge on any atom is -0.480 e. The van der Waals surface area contributed by atoms with Gasteiger partial charge in [-0.05, 0) is 12.8 Å². The molecular formula is C9H13F2NO4. The summed E-state index contributed by atoms with van der Waals surface area (Å²) in [6.07, 6.45) is -2.45. The minimum atomic E-state index is -2.98. The Bertz CT molecular complexity index is 264. The van der Waals surface area contributed by atoms with Crippen LogP contribution < -0.4 is 0 Å². The quantitative estimate of drug-likeness (QED) is 0.765. The van der Waals surface area contributed by atoms with Crippen molar-refractivity contribution in [3.8, 4) is 0 Å². The van der Waals surface area contributed by atoms with Gasteiger partial charge in [-0.25, -0.2) is 4.79 Å². The van der Waals surface area contributed by atoms with Gasteiger partial charge >= 0.3 is 12.4 Å². The van der Waals surface area contributed by atoms with Crippen molar-refractivity contribution in [2.45, 2.75) is 25.4 Å². The van der Waals surface area contributed by atoms with Gasteiger partial charge in [0.1, 0.15) is 6.61 Å². The summed E-state index contributed by atoms with van der Waals surface area (Å²) < 4.78 is 29.1. The normalized spacial score (nSPS) is 17.8. The predicted octanol–water partition coefficient (Wildman–Crippen LogP) is 0.344. The van der Waals surface area contributed by atoms with E-state index >= 15 is 0 Å². The van der Waals surface area contributed by atoms with E-state index in [0.717, 1.165) is 4.90 Å². The molecule has 16 heavy (non-hydrogen) atoms. The second-order valence-corrected chi connectivity index (χ2v) is 3.53. The number of ether oxygens (including phenoxy) is 1. The number of carbonyl (C=O) groups excluding carboxylic acids is 1. The maximum atomic E-state index is 12.1. The largest absolute Gasteiger partial charge is 0.480 e. The molecule has 0 bridgehead atoms. The number of likely N-dealkylation sites (tertiary alicyclic amines) is 1. The number of alkyl halides is 2. The molecule has 0 unspecified atom stereocenters. The molecule has 1 N–H and O–H groups in total. The molecule has 0 aromatic rings. The Hall–Kier alpha value is -1.24. The van der Waals surface area contributed by atoms with Crippen molar-refractivity contribution in [2.24, 2.45) is 0 Å². The van der Waals surface area contributed by atoms with Gasteiger partial charge in [-0.3, -0.25) is 4.79 Å². The van der Waals surface area contributed by atoms with Crippen molar-refractivity contribution in [1.82, 2.24) is 4.90 Å². The van der Waals surface area contributed by atoms with Crippen LogP contribution in [0.25, 0.3) is 0 Å². The highest BCUT2D eigenvalue weighted by molar-refractivity contribution is 5.79. The predicted molar refractivity (Wildman–Crippen MR) is 49.2 cm³/mol. The summed E-state index contributed by atoms with van der Waals surface area (Å²) in [6.45, 7) is -0.0195. The molecule has 0 aliphatic carbocycles. The zero-order valence-electron chi connectivity index (χ0n) is 8.57. The van der Waals surface area contributed by atoms with Gasteiger partial charge in [-0.15, -0.1) is 0 Å². The van der Waals surface area contributed by atoms with Crippen LogP contribution >= 0.6 is 0 Å². The van der Waals surface area contributed by atoms with Crippen molar-refractivity contribution in [3.05, 3.63) is 0 Å². The van der Waals surface area contributed by atoms with E-state index < -0.39 is 24.9 Å². The lowest BCUT2D eigenvalue weighted by molar-refractivity contribution is -0.150. The van der Waals surface area contributed by atoms with E-state index in [1.165, 1.54) is 0 Å². The zero-order valence-corrected chi connectivity index (χ0v) is 8.57. The molecule has 0 spiro atoms. The molecule has 7 heteroatoms. The van der Waals surface area contributed by atoms with Crippen LogP contribution in [-0.4, -0.2) is 54.1 Å². The number of carboxylic acid groups (broad SMARTS) is 1. The summed E-state index contributed by atoms with van der Waals surface area (Å²) >= 11 is 0. The van der Waals surface area contributed by atoms with Gasteiger partial charge in [-0.1, -0.05) is 0 Å². The maximum absolute atomic E-state index is 12.1. The first kappa shape index (κ1) is 12.8. The fourth-order valence-corrected chi connectivity index (χ4v) is 1.57. The molecule has 0 saturated carbocycles. The van der Waals surface area contributed by atoms with Crippen molar-refractivity contribution < 1.29 is 28.2 Å². The number of halogens is 2. The van der Waals surface area contributed by atoms with Gasteiger partial charge in [0.25, 0.3) is 5.91 Å². The second-order valence-electron chi connectivity index (χ2n) is 3.53. The van der Waals surface area contributed by atoms with Crippen molar-refractivity contribution in [1.29, 1.82) is 0 Å². The van der Waals surface area contributed by atoms with Crippen LogP contribution in [0.4, 0.5) is 8.78 Å². The first-order chi connectivity index (χ1) is 7.50. The van der Waals surface area contributed by atoms with Crippen LogP contribution in [-0.2, 0) is 14.3 Å². The Labute approximate surface area is 91.0 Å². The molecule has 92 valence electrons. The van der Waals surface area contributed by atoms with Crippen molar-refractivity contribution in [3.63, 3.8) is 0 Å². The molecule has 0 aromatic heterocycles. The van der Waals surface area contributed by atoms with Crippen LogP contribution in [0.5, 0.6) is 0 Å². The standard InChI is InChI=1S/C9H13F2NO4/c10-8(11)9(15)12-3-1-6(2-4-12)16-5-7(13)14/h6,8H,1-5H2,(H,13,14). The highest BCUT2D eigenvalue weighted by atomic mass is 19.3. The lowest BCUT2D eigenvalue weighted by atomic mass is 10.1. The molecule has 1 saturated heterocycles. The monoisotopic (exact) mass is 237 g/mol. The number of hydrogen-bond donors (Lipinski definition) is 1. The Kier molecular flexibility index (Phi) is 4.60. The van der Waals surface area contributed by atoms with Crippen LogP contribution in [0.3, 0.4) is 0 Å². The fraction of sp³-hybridized carbons (Fsp3) is 0.778.